The van der Waals surface area contributed by atoms with Gasteiger partial charge in [0.1, 0.15) is 0 Å². The summed E-state index contributed by atoms with van der Waals surface area (Å²) in [5.74, 6) is 1.22. The van der Waals surface area contributed by atoms with Crippen LogP contribution in [-0.2, 0) is 0 Å². The van der Waals surface area contributed by atoms with Gasteiger partial charge in [-0.1, -0.05) is 6.07 Å². The first-order valence-electron chi connectivity index (χ1n) is 10.2. The summed E-state index contributed by atoms with van der Waals surface area (Å²) in [6.07, 6.45) is 3.37. The van der Waals surface area contributed by atoms with Crippen LogP contribution in [0.15, 0.2) is 42.5 Å². The fourth-order valence-electron chi connectivity index (χ4n) is 3.58. The number of rotatable bonds is 8. The summed E-state index contributed by atoms with van der Waals surface area (Å²) in [5, 5.41) is 9.19. The van der Waals surface area contributed by atoms with E-state index < -0.39 is 0 Å². The predicted molar refractivity (Wildman–Crippen MR) is 116 cm³/mol. The van der Waals surface area contributed by atoms with E-state index in [1.54, 1.807) is 49.6 Å². The van der Waals surface area contributed by atoms with Crippen LogP contribution in [0.3, 0.4) is 0 Å². The Labute approximate surface area is 177 Å². The summed E-state index contributed by atoms with van der Waals surface area (Å²) < 4.78 is 10.4. The number of nitrogens with one attached hydrogen (secondary N) is 3. The predicted octanol–water partition coefficient (Wildman–Crippen LogP) is 3.08. The molecule has 3 N–H and O–H groups in total. The number of benzene rings is 2. The van der Waals surface area contributed by atoms with Crippen molar-refractivity contribution in [2.45, 2.75) is 19.3 Å². The second-order valence-electron chi connectivity index (χ2n) is 7.36. The van der Waals surface area contributed by atoms with E-state index in [4.69, 9.17) is 9.47 Å². The first-order valence-corrected chi connectivity index (χ1v) is 10.2. The number of methoxy groups -OCH3 is 2. The van der Waals surface area contributed by atoms with E-state index in [-0.39, 0.29) is 11.8 Å². The second-order valence-corrected chi connectivity index (χ2v) is 7.36. The molecule has 0 aliphatic carbocycles. The third kappa shape index (κ3) is 5.73. The molecule has 0 radical (unpaired) electrons. The summed E-state index contributed by atoms with van der Waals surface area (Å²) >= 11 is 0. The molecule has 160 valence electrons. The van der Waals surface area contributed by atoms with Gasteiger partial charge in [-0.15, -0.1) is 0 Å². The van der Waals surface area contributed by atoms with Crippen LogP contribution in [0.4, 0.5) is 5.69 Å². The monoisotopic (exact) mass is 411 g/mol. The van der Waals surface area contributed by atoms with Gasteiger partial charge in [0, 0.05) is 23.4 Å². The van der Waals surface area contributed by atoms with E-state index in [2.05, 4.69) is 16.0 Å². The maximum absolute atomic E-state index is 12.6. The highest BCUT2D eigenvalue weighted by molar-refractivity contribution is 6.05. The van der Waals surface area contributed by atoms with E-state index in [0.717, 1.165) is 19.5 Å². The lowest BCUT2D eigenvalue weighted by atomic mass is 9.96. The molecule has 1 heterocycles. The van der Waals surface area contributed by atoms with Gasteiger partial charge in [-0.25, -0.2) is 0 Å². The zero-order valence-corrected chi connectivity index (χ0v) is 17.5. The van der Waals surface area contributed by atoms with Gasteiger partial charge in [0.15, 0.2) is 11.5 Å². The van der Waals surface area contributed by atoms with Crippen LogP contribution < -0.4 is 25.4 Å². The SMILES string of the molecule is COc1ccc(C(=O)Nc2cccc(C(=O)NCCC3CCCNC3)c2)cc1OC. The number of piperidine rings is 1. The van der Waals surface area contributed by atoms with E-state index in [0.29, 0.717) is 40.8 Å². The van der Waals surface area contributed by atoms with Crippen molar-refractivity contribution in [3.8, 4) is 11.5 Å². The number of ether oxygens (including phenoxy) is 2. The Morgan fingerprint density at radius 2 is 1.83 bits per heavy atom. The molecule has 0 spiro atoms. The minimum absolute atomic E-state index is 0.138. The van der Waals surface area contributed by atoms with Crippen molar-refractivity contribution >= 4 is 17.5 Å². The van der Waals surface area contributed by atoms with Crippen LogP contribution in [0.5, 0.6) is 11.5 Å². The summed E-state index contributed by atoms with van der Waals surface area (Å²) in [5.41, 5.74) is 1.50. The van der Waals surface area contributed by atoms with Gasteiger partial charge < -0.3 is 25.4 Å². The quantitative estimate of drug-likeness (QED) is 0.621. The molecule has 1 atom stereocenters. The first kappa shape index (κ1) is 21.6. The molecule has 7 heteroatoms. The average Bonchev–Trinajstić information content (AvgIpc) is 2.79. The van der Waals surface area contributed by atoms with Crippen LogP contribution in [-0.4, -0.2) is 45.7 Å². The number of amides is 2. The molecule has 30 heavy (non-hydrogen) atoms. The Morgan fingerprint density at radius 3 is 2.57 bits per heavy atom. The van der Waals surface area contributed by atoms with E-state index >= 15 is 0 Å². The van der Waals surface area contributed by atoms with E-state index in [1.807, 2.05) is 0 Å². The maximum Gasteiger partial charge on any atom is 0.255 e. The third-order valence-electron chi connectivity index (χ3n) is 5.27. The van der Waals surface area contributed by atoms with Crippen LogP contribution in [0, 0.1) is 5.92 Å². The fourth-order valence-corrected chi connectivity index (χ4v) is 3.58. The Balaban J connectivity index is 1.58. The standard InChI is InChI=1S/C23H29N3O4/c1-29-20-9-8-18(14-21(20)30-2)23(28)26-19-7-3-6-17(13-19)22(27)25-12-10-16-5-4-11-24-15-16/h3,6-9,13-14,16,24H,4-5,10-12,15H2,1-2H3,(H,25,27)(H,26,28). The highest BCUT2D eigenvalue weighted by Gasteiger charge is 2.14. The van der Waals surface area contributed by atoms with Crippen molar-refractivity contribution in [2.75, 3.05) is 39.2 Å². The molecular formula is C23H29N3O4. The summed E-state index contributed by atoms with van der Waals surface area (Å²) in [6.45, 7) is 2.76. The van der Waals surface area contributed by atoms with Crippen molar-refractivity contribution in [2.24, 2.45) is 5.92 Å². The molecule has 1 unspecified atom stereocenters. The molecule has 2 amide bonds. The third-order valence-corrected chi connectivity index (χ3v) is 5.27. The highest BCUT2D eigenvalue weighted by atomic mass is 16.5. The Kier molecular flexibility index (Phi) is 7.68. The smallest absolute Gasteiger partial charge is 0.255 e. The van der Waals surface area contributed by atoms with Crippen LogP contribution >= 0.6 is 0 Å². The van der Waals surface area contributed by atoms with Gasteiger partial charge in [-0.3, -0.25) is 9.59 Å². The topological polar surface area (TPSA) is 88.7 Å². The number of carbonyl (C=O) groups is 2. The lowest BCUT2D eigenvalue weighted by Crippen LogP contribution is -2.33. The molecule has 2 aromatic carbocycles. The van der Waals surface area contributed by atoms with Crippen molar-refractivity contribution in [3.63, 3.8) is 0 Å². The Morgan fingerprint density at radius 1 is 1.03 bits per heavy atom. The van der Waals surface area contributed by atoms with Crippen LogP contribution in [0.25, 0.3) is 0 Å². The molecule has 3 rings (SSSR count). The first-order chi connectivity index (χ1) is 14.6. The molecule has 2 aromatic rings. The maximum atomic E-state index is 12.6. The van der Waals surface area contributed by atoms with Gasteiger partial charge >= 0.3 is 0 Å². The van der Waals surface area contributed by atoms with E-state index in [1.165, 1.54) is 20.0 Å². The number of carbonyl (C=O) groups excluding carboxylic acids is 2. The molecule has 0 saturated carbocycles. The number of anilines is 1. The zero-order valence-electron chi connectivity index (χ0n) is 17.5. The lowest BCUT2D eigenvalue weighted by Gasteiger charge is -2.22. The van der Waals surface area contributed by atoms with Crippen molar-refractivity contribution in [3.05, 3.63) is 53.6 Å². The Bertz CT molecular complexity index is 879. The van der Waals surface area contributed by atoms with E-state index in [9.17, 15) is 9.59 Å². The molecular weight excluding hydrogens is 382 g/mol. The number of hydrogen-bond donors (Lipinski definition) is 3. The largest absolute Gasteiger partial charge is 0.493 e. The van der Waals surface area contributed by atoms with Crippen molar-refractivity contribution in [1.29, 1.82) is 0 Å². The molecule has 7 nitrogen and oxygen atoms in total. The number of hydrogen-bond acceptors (Lipinski definition) is 5. The summed E-state index contributed by atoms with van der Waals surface area (Å²) in [6, 6.07) is 11.9. The normalized spacial score (nSPS) is 15.9. The molecule has 0 bridgehead atoms. The fraction of sp³-hybridized carbons (Fsp3) is 0.391. The minimum atomic E-state index is -0.293. The van der Waals surface area contributed by atoms with Crippen LogP contribution in [0.2, 0.25) is 0 Å². The highest BCUT2D eigenvalue weighted by Crippen LogP contribution is 2.28. The molecule has 1 saturated heterocycles. The molecule has 1 aliphatic rings. The Hall–Kier alpha value is -3.06. The minimum Gasteiger partial charge on any atom is -0.493 e. The molecule has 1 aliphatic heterocycles. The average molecular weight is 412 g/mol. The van der Waals surface area contributed by atoms with Gasteiger partial charge in [0.2, 0.25) is 0 Å². The van der Waals surface area contributed by atoms with Crippen molar-refractivity contribution in [1.82, 2.24) is 10.6 Å². The van der Waals surface area contributed by atoms with Crippen LogP contribution in [0.1, 0.15) is 40.0 Å². The lowest BCUT2D eigenvalue weighted by molar-refractivity contribution is 0.0949. The van der Waals surface area contributed by atoms with Gasteiger partial charge in [-0.2, -0.15) is 0 Å². The summed E-state index contributed by atoms with van der Waals surface area (Å²) in [4.78, 5) is 25.1. The van der Waals surface area contributed by atoms with Gasteiger partial charge in [0.05, 0.1) is 14.2 Å². The van der Waals surface area contributed by atoms with Gasteiger partial charge in [-0.05, 0) is 74.7 Å². The summed E-state index contributed by atoms with van der Waals surface area (Å²) in [7, 11) is 3.06. The molecule has 1 fully saturated rings. The zero-order chi connectivity index (χ0) is 21.3. The van der Waals surface area contributed by atoms with Gasteiger partial charge in [0.25, 0.3) is 11.8 Å². The molecule has 0 aromatic heterocycles. The second kappa shape index (κ2) is 10.6. The van der Waals surface area contributed by atoms with Crippen molar-refractivity contribution < 1.29 is 19.1 Å².